The van der Waals surface area contributed by atoms with E-state index in [1.165, 1.54) is 18.2 Å². The maximum absolute atomic E-state index is 13.1. The van der Waals surface area contributed by atoms with Crippen molar-refractivity contribution in [1.82, 2.24) is 5.43 Å². The predicted octanol–water partition coefficient (Wildman–Crippen LogP) is 4.26. The van der Waals surface area contributed by atoms with Gasteiger partial charge in [-0.05, 0) is 37.3 Å². The quantitative estimate of drug-likeness (QED) is 0.457. The average Bonchev–Trinajstić information content (AvgIpc) is 2.55. The van der Waals surface area contributed by atoms with Crippen molar-refractivity contribution in [2.75, 3.05) is 5.32 Å². The molecule has 0 atom stereocenters. The second-order valence-electron chi connectivity index (χ2n) is 4.85. The number of hydrazone groups is 1. The fourth-order valence-corrected chi connectivity index (χ4v) is 2.52. The van der Waals surface area contributed by atoms with Gasteiger partial charge in [-0.1, -0.05) is 40.9 Å². The van der Waals surface area contributed by atoms with Crippen LogP contribution in [0.3, 0.4) is 0 Å². The van der Waals surface area contributed by atoms with Gasteiger partial charge in [0.05, 0.1) is 15.8 Å². The van der Waals surface area contributed by atoms with Gasteiger partial charge in [-0.15, -0.1) is 0 Å². The van der Waals surface area contributed by atoms with Crippen LogP contribution in [0, 0.1) is 5.82 Å². The Morgan fingerprint density at radius 3 is 2.36 bits per heavy atom. The van der Waals surface area contributed by atoms with E-state index in [2.05, 4.69) is 15.8 Å². The van der Waals surface area contributed by atoms with E-state index in [1.54, 1.807) is 19.1 Å². The van der Waals surface area contributed by atoms with Gasteiger partial charge in [0.25, 0.3) is 0 Å². The van der Waals surface area contributed by atoms with Crippen LogP contribution in [0.15, 0.2) is 41.5 Å². The summed E-state index contributed by atoms with van der Waals surface area (Å²) in [6.07, 6.45) is 0. The standard InChI is InChI=1S/C16H11Cl3FN3O2/c1-8(11-4-2-9(17)6-12(11)18)22-23-16(25)15(24)21-10-3-5-14(20)13(19)7-10/h2-7H,1H3,(H,21,24)(H,23,25). The van der Waals surface area contributed by atoms with Crippen LogP contribution >= 0.6 is 34.8 Å². The van der Waals surface area contributed by atoms with Gasteiger partial charge in [0.1, 0.15) is 5.82 Å². The summed E-state index contributed by atoms with van der Waals surface area (Å²) in [7, 11) is 0. The molecule has 9 heteroatoms. The van der Waals surface area contributed by atoms with E-state index in [0.29, 0.717) is 21.3 Å². The molecule has 0 radical (unpaired) electrons. The van der Waals surface area contributed by atoms with Gasteiger partial charge < -0.3 is 5.32 Å². The number of anilines is 1. The highest BCUT2D eigenvalue weighted by Crippen LogP contribution is 2.21. The zero-order valence-electron chi connectivity index (χ0n) is 12.7. The number of hydrogen-bond donors (Lipinski definition) is 2. The van der Waals surface area contributed by atoms with E-state index >= 15 is 0 Å². The third kappa shape index (κ3) is 5.16. The summed E-state index contributed by atoms with van der Waals surface area (Å²) in [5, 5.41) is 6.74. The van der Waals surface area contributed by atoms with Crippen LogP contribution in [-0.4, -0.2) is 17.5 Å². The SMILES string of the molecule is CC(=NNC(=O)C(=O)Nc1ccc(F)c(Cl)c1)c1ccc(Cl)cc1Cl. The zero-order valence-corrected chi connectivity index (χ0v) is 15.0. The van der Waals surface area contributed by atoms with Crippen molar-refractivity contribution in [3.05, 3.63) is 62.8 Å². The zero-order chi connectivity index (χ0) is 18.6. The third-order valence-electron chi connectivity index (χ3n) is 3.03. The van der Waals surface area contributed by atoms with Gasteiger partial charge in [0, 0.05) is 16.3 Å². The molecule has 0 bridgehead atoms. The van der Waals surface area contributed by atoms with Gasteiger partial charge in [-0.2, -0.15) is 5.10 Å². The summed E-state index contributed by atoms with van der Waals surface area (Å²) in [6.45, 7) is 1.60. The second kappa shape index (κ2) is 8.29. The smallest absolute Gasteiger partial charge is 0.318 e. The highest BCUT2D eigenvalue weighted by atomic mass is 35.5. The monoisotopic (exact) mass is 401 g/mol. The minimum Gasteiger partial charge on any atom is -0.318 e. The molecule has 2 rings (SSSR count). The normalized spacial score (nSPS) is 11.2. The maximum Gasteiger partial charge on any atom is 0.329 e. The van der Waals surface area contributed by atoms with Gasteiger partial charge in [0.15, 0.2) is 0 Å². The van der Waals surface area contributed by atoms with Gasteiger partial charge in [-0.3, -0.25) is 9.59 Å². The molecule has 0 aliphatic heterocycles. The Hall–Kier alpha value is -2.15. The van der Waals surface area contributed by atoms with Crippen molar-refractivity contribution >= 4 is 58.0 Å². The molecule has 0 aliphatic carbocycles. The Bertz CT molecular complexity index is 872. The summed E-state index contributed by atoms with van der Waals surface area (Å²) in [6, 6.07) is 8.31. The molecule has 2 N–H and O–H groups in total. The molecule has 0 aliphatic rings. The number of nitrogens with one attached hydrogen (secondary N) is 2. The first kappa shape index (κ1) is 19.2. The first-order valence-electron chi connectivity index (χ1n) is 6.84. The van der Waals surface area contributed by atoms with E-state index in [0.717, 1.165) is 6.07 Å². The van der Waals surface area contributed by atoms with Crippen LogP contribution in [0.5, 0.6) is 0 Å². The number of rotatable bonds is 3. The molecular weight excluding hydrogens is 392 g/mol. The molecule has 0 heterocycles. The van der Waals surface area contributed by atoms with Crippen LogP contribution < -0.4 is 10.7 Å². The average molecular weight is 403 g/mol. The summed E-state index contributed by atoms with van der Waals surface area (Å²) in [5.41, 5.74) is 3.22. The topological polar surface area (TPSA) is 70.6 Å². The predicted molar refractivity (Wildman–Crippen MR) is 96.9 cm³/mol. The van der Waals surface area contributed by atoms with Crippen molar-refractivity contribution < 1.29 is 14.0 Å². The van der Waals surface area contributed by atoms with E-state index < -0.39 is 17.6 Å². The van der Waals surface area contributed by atoms with Crippen molar-refractivity contribution in [2.24, 2.45) is 5.10 Å². The van der Waals surface area contributed by atoms with Crippen molar-refractivity contribution in [3.8, 4) is 0 Å². The molecule has 25 heavy (non-hydrogen) atoms. The molecule has 130 valence electrons. The Kier molecular flexibility index (Phi) is 6.36. The maximum atomic E-state index is 13.1. The molecule has 0 saturated carbocycles. The van der Waals surface area contributed by atoms with E-state index in [-0.39, 0.29) is 10.7 Å². The Morgan fingerprint density at radius 1 is 1.00 bits per heavy atom. The number of carbonyl (C=O) groups is 2. The minimum absolute atomic E-state index is 0.174. The Morgan fingerprint density at radius 2 is 1.72 bits per heavy atom. The molecule has 0 aromatic heterocycles. The van der Waals surface area contributed by atoms with Crippen molar-refractivity contribution in [1.29, 1.82) is 0 Å². The lowest BCUT2D eigenvalue weighted by atomic mass is 10.1. The van der Waals surface area contributed by atoms with Gasteiger partial charge >= 0.3 is 11.8 Å². The fourth-order valence-electron chi connectivity index (χ4n) is 1.79. The molecule has 2 amide bonds. The van der Waals surface area contributed by atoms with Crippen LogP contribution in [0.1, 0.15) is 12.5 Å². The van der Waals surface area contributed by atoms with Crippen LogP contribution in [0.2, 0.25) is 15.1 Å². The summed E-state index contributed by atoms with van der Waals surface area (Å²) in [4.78, 5) is 23.6. The summed E-state index contributed by atoms with van der Waals surface area (Å²) in [5.74, 6) is -2.63. The molecule has 2 aromatic carbocycles. The van der Waals surface area contributed by atoms with Crippen LogP contribution in [0.4, 0.5) is 10.1 Å². The number of carbonyl (C=O) groups excluding carboxylic acids is 2. The molecule has 2 aromatic rings. The first-order valence-corrected chi connectivity index (χ1v) is 7.97. The number of benzene rings is 2. The van der Waals surface area contributed by atoms with E-state index in [9.17, 15) is 14.0 Å². The lowest BCUT2D eigenvalue weighted by Gasteiger charge is -2.06. The van der Waals surface area contributed by atoms with Crippen molar-refractivity contribution in [2.45, 2.75) is 6.92 Å². The van der Waals surface area contributed by atoms with Gasteiger partial charge in [0.2, 0.25) is 0 Å². The van der Waals surface area contributed by atoms with Crippen molar-refractivity contribution in [3.63, 3.8) is 0 Å². The second-order valence-corrected chi connectivity index (χ2v) is 6.10. The molecule has 5 nitrogen and oxygen atoms in total. The third-order valence-corrected chi connectivity index (χ3v) is 3.87. The highest BCUT2D eigenvalue weighted by Gasteiger charge is 2.14. The van der Waals surface area contributed by atoms with E-state index in [1.807, 2.05) is 0 Å². The summed E-state index contributed by atoms with van der Waals surface area (Å²) >= 11 is 17.4. The number of hydrogen-bond acceptors (Lipinski definition) is 3. The molecule has 0 saturated heterocycles. The largest absolute Gasteiger partial charge is 0.329 e. The number of halogens is 4. The lowest BCUT2D eigenvalue weighted by Crippen LogP contribution is -2.33. The van der Waals surface area contributed by atoms with E-state index in [4.69, 9.17) is 34.8 Å². The van der Waals surface area contributed by atoms with Crippen LogP contribution in [-0.2, 0) is 9.59 Å². The Labute approximate surface area is 157 Å². The Balaban J connectivity index is 2.02. The number of amides is 2. The summed E-state index contributed by atoms with van der Waals surface area (Å²) < 4.78 is 13.1. The fraction of sp³-hybridized carbons (Fsp3) is 0.0625. The highest BCUT2D eigenvalue weighted by molar-refractivity contribution is 6.40. The van der Waals surface area contributed by atoms with Crippen LogP contribution in [0.25, 0.3) is 0 Å². The van der Waals surface area contributed by atoms with Gasteiger partial charge in [-0.25, -0.2) is 9.82 Å². The first-order chi connectivity index (χ1) is 11.8. The minimum atomic E-state index is -1.01. The molecular formula is C16H11Cl3FN3O2. The number of nitrogens with zero attached hydrogens (tertiary/aromatic N) is 1. The molecule has 0 spiro atoms. The lowest BCUT2D eigenvalue weighted by molar-refractivity contribution is -0.136. The molecule has 0 unspecified atom stereocenters. The molecule has 0 fully saturated rings.